The molecule has 0 bridgehead atoms. The molecule has 0 saturated heterocycles. The fourth-order valence-corrected chi connectivity index (χ4v) is 20.5. The van der Waals surface area contributed by atoms with Crippen molar-refractivity contribution in [2.45, 2.75) is 16.5 Å². The fraction of sp³-hybridized carbons (Fsp3) is 0.143. The van der Waals surface area contributed by atoms with Crippen LogP contribution in [0.3, 0.4) is 0 Å². The van der Waals surface area contributed by atoms with E-state index < -0.39 is 17.4 Å². The van der Waals surface area contributed by atoms with Gasteiger partial charge in [0.25, 0.3) is 0 Å². The van der Waals surface area contributed by atoms with Gasteiger partial charge >= 0.3 is 192 Å². The number of hydrogen-bond acceptors (Lipinski definition) is 2. The SMILES string of the molecule is Cl.Cl.[CH3][Zr]([CH3])(=[SiH2])([CH]1C=C(c2ccco2)c2ccccc21)[CH]1C=C(c2ccco2)c2ccccc21. The van der Waals surface area contributed by atoms with Gasteiger partial charge in [0.1, 0.15) is 0 Å². The van der Waals surface area contributed by atoms with Crippen LogP contribution in [0.2, 0.25) is 9.26 Å². The van der Waals surface area contributed by atoms with Gasteiger partial charge in [-0.2, -0.15) is 0 Å². The molecule has 2 aliphatic rings. The van der Waals surface area contributed by atoms with Crippen molar-refractivity contribution in [1.29, 1.82) is 0 Å². The van der Waals surface area contributed by atoms with E-state index in [1.54, 1.807) is 12.5 Å². The van der Waals surface area contributed by atoms with Crippen molar-refractivity contribution < 1.29 is 26.2 Å². The van der Waals surface area contributed by atoms with Crippen molar-refractivity contribution >= 4 is 42.8 Å². The molecule has 4 aromatic rings. The molecule has 0 N–H and O–H groups in total. The Bertz CT molecular complexity index is 1350. The molecule has 0 fully saturated rings. The first kappa shape index (κ1) is 25.3. The molecule has 6 rings (SSSR count). The minimum atomic E-state index is -3.49. The van der Waals surface area contributed by atoms with Crippen molar-refractivity contribution in [3.8, 4) is 0 Å². The summed E-state index contributed by atoms with van der Waals surface area (Å²) in [4.78, 5) is 0. The molecule has 2 atom stereocenters. The van der Waals surface area contributed by atoms with E-state index >= 15 is 0 Å². The molecule has 6 heteroatoms. The van der Waals surface area contributed by atoms with Crippen LogP contribution in [0.5, 0.6) is 0 Å². The van der Waals surface area contributed by atoms with Gasteiger partial charge in [-0.05, 0) is 0 Å². The minimum absolute atomic E-state index is 0. The van der Waals surface area contributed by atoms with Gasteiger partial charge in [-0.25, -0.2) is 0 Å². The number of furan rings is 2. The Labute approximate surface area is 215 Å². The molecule has 174 valence electrons. The second-order valence-corrected chi connectivity index (χ2v) is 40.9. The molecule has 0 radical (unpaired) electrons. The van der Waals surface area contributed by atoms with Crippen molar-refractivity contribution in [3.05, 3.63) is 131 Å². The molecular formula is C28H28Cl2O2SiZr. The fourth-order valence-electron chi connectivity index (χ4n) is 5.78. The van der Waals surface area contributed by atoms with Gasteiger partial charge in [-0.1, -0.05) is 0 Å². The van der Waals surface area contributed by atoms with E-state index in [-0.39, 0.29) is 24.8 Å². The summed E-state index contributed by atoms with van der Waals surface area (Å²) in [6, 6.07) is 26.0. The van der Waals surface area contributed by atoms with E-state index in [4.69, 9.17) is 8.83 Å². The van der Waals surface area contributed by atoms with E-state index in [2.05, 4.69) is 89.0 Å². The number of rotatable bonds is 4. The summed E-state index contributed by atoms with van der Waals surface area (Å²) in [5.74, 6) is 1.93. The Morgan fingerprint density at radius 2 is 1.03 bits per heavy atom. The van der Waals surface area contributed by atoms with E-state index in [1.807, 2.05) is 12.1 Å². The van der Waals surface area contributed by atoms with Crippen LogP contribution in [-0.4, -0.2) is 6.88 Å². The molecular weight excluding hydrogens is 559 g/mol. The summed E-state index contributed by atoms with van der Waals surface area (Å²) >= 11 is -3.49. The molecule has 0 amide bonds. The maximum atomic E-state index is 5.85. The average Bonchev–Trinajstić information content (AvgIpc) is 3.58. The zero-order valence-electron chi connectivity index (χ0n) is 19.2. The summed E-state index contributed by atoms with van der Waals surface area (Å²) in [6.07, 6.45) is 8.58. The third-order valence-electron chi connectivity index (χ3n) is 7.45. The van der Waals surface area contributed by atoms with Gasteiger partial charge in [0.15, 0.2) is 0 Å². The van der Waals surface area contributed by atoms with Crippen LogP contribution in [0.25, 0.3) is 11.1 Å². The van der Waals surface area contributed by atoms with Crippen molar-refractivity contribution in [2.24, 2.45) is 0 Å². The van der Waals surface area contributed by atoms with Crippen LogP contribution in [0.4, 0.5) is 0 Å². The number of benzene rings is 2. The van der Waals surface area contributed by atoms with E-state index in [1.165, 1.54) is 33.4 Å². The van der Waals surface area contributed by atoms with Crippen LogP contribution in [-0.2, 0) is 17.4 Å². The van der Waals surface area contributed by atoms with E-state index in [0.717, 1.165) is 11.5 Å². The Hall–Kier alpha value is -1.84. The molecule has 2 aromatic heterocycles. The predicted octanol–water partition coefficient (Wildman–Crippen LogP) is 7.72. The Kier molecular flexibility index (Phi) is 6.68. The monoisotopic (exact) mass is 584 g/mol. The van der Waals surface area contributed by atoms with Crippen LogP contribution < -0.4 is 0 Å². The van der Waals surface area contributed by atoms with Gasteiger partial charge in [-0.15, -0.1) is 24.8 Å². The summed E-state index contributed by atoms with van der Waals surface area (Å²) in [6.45, 7) is 2.34. The molecule has 2 nitrogen and oxygen atoms in total. The molecule has 34 heavy (non-hydrogen) atoms. The van der Waals surface area contributed by atoms with Crippen molar-refractivity contribution in [1.82, 2.24) is 0 Å². The van der Waals surface area contributed by atoms with Gasteiger partial charge in [0, 0.05) is 0 Å². The molecule has 0 spiro atoms. The Morgan fingerprint density at radius 1 is 0.618 bits per heavy atom. The number of fused-ring (bicyclic) bond motifs is 2. The predicted molar refractivity (Wildman–Crippen MR) is 145 cm³/mol. The Balaban J connectivity index is 0.00000137. The van der Waals surface area contributed by atoms with Gasteiger partial charge in [-0.3, -0.25) is 0 Å². The third kappa shape index (κ3) is 3.80. The first-order valence-electron chi connectivity index (χ1n) is 11.2. The summed E-state index contributed by atoms with van der Waals surface area (Å²) in [5, 5.41) is 0. The van der Waals surface area contributed by atoms with Gasteiger partial charge in [0.05, 0.1) is 0 Å². The standard InChI is InChI=1S/2C13H9O.2CH3.2ClH.H2Si.Zr/c2*1-2-5-11-10(4-1)7-8-12(11)13-6-3-9-14-13;;;;;;/h2*1-9H;2*1H3;2*1H;1H2;. The molecule has 2 aliphatic carbocycles. The van der Waals surface area contributed by atoms with Crippen molar-refractivity contribution in [2.75, 3.05) is 0 Å². The van der Waals surface area contributed by atoms with Gasteiger partial charge < -0.3 is 0 Å². The van der Waals surface area contributed by atoms with Gasteiger partial charge in [0.2, 0.25) is 0 Å². The van der Waals surface area contributed by atoms with E-state index in [9.17, 15) is 0 Å². The average molecular weight is 587 g/mol. The second kappa shape index (κ2) is 8.99. The number of hydrogen-bond donors (Lipinski definition) is 0. The molecule has 2 unspecified atom stereocenters. The number of halogens is 2. The Morgan fingerprint density at radius 3 is 1.41 bits per heavy atom. The molecule has 0 aliphatic heterocycles. The molecule has 2 aromatic carbocycles. The quantitative estimate of drug-likeness (QED) is 0.229. The normalized spacial score (nSPS) is 18.8. The van der Waals surface area contributed by atoms with Crippen LogP contribution in [0.1, 0.15) is 41.0 Å². The topological polar surface area (TPSA) is 26.3 Å². The first-order chi connectivity index (χ1) is 15.4. The number of allylic oxidation sites excluding steroid dienone is 2. The zero-order chi connectivity index (χ0) is 21.9. The summed E-state index contributed by atoms with van der Waals surface area (Å²) in [5.41, 5.74) is 8.05. The first-order valence-corrected chi connectivity index (χ1v) is 24.9. The second-order valence-electron chi connectivity index (χ2n) is 10.2. The zero-order valence-corrected chi connectivity index (χ0v) is 24.7. The third-order valence-corrected chi connectivity index (χ3v) is 25.1. The van der Waals surface area contributed by atoms with Crippen LogP contribution in [0, 0.1) is 0 Å². The van der Waals surface area contributed by atoms with Crippen LogP contribution in [0.15, 0.2) is 106 Å². The summed E-state index contributed by atoms with van der Waals surface area (Å²) < 4.78 is 17.8. The maximum absolute atomic E-state index is 5.85. The molecule has 0 saturated carbocycles. The summed E-state index contributed by atoms with van der Waals surface area (Å²) in [7, 11) is 0. The van der Waals surface area contributed by atoms with Crippen LogP contribution >= 0.6 is 24.8 Å². The van der Waals surface area contributed by atoms with E-state index in [0.29, 0.717) is 7.25 Å². The van der Waals surface area contributed by atoms with Crippen molar-refractivity contribution in [3.63, 3.8) is 0 Å². The molecule has 2 heterocycles.